The molecule has 0 saturated heterocycles. The first-order valence-corrected chi connectivity index (χ1v) is 10.2. The zero-order valence-electron chi connectivity index (χ0n) is 15.0. The average Bonchev–Trinajstić information content (AvgIpc) is 2.67. The molecule has 2 aromatic rings. The van der Waals surface area contributed by atoms with Gasteiger partial charge in [-0.05, 0) is 17.7 Å². The van der Waals surface area contributed by atoms with Gasteiger partial charge in [-0.1, -0.05) is 48.5 Å². The average molecular weight is 386 g/mol. The Morgan fingerprint density at radius 3 is 2.67 bits per heavy atom. The van der Waals surface area contributed by atoms with E-state index in [0.717, 1.165) is 26.6 Å². The molecule has 7 heteroatoms. The van der Waals surface area contributed by atoms with Gasteiger partial charge in [-0.15, -0.1) is 0 Å². The monoisotopic (exact) mass is 386 g/mol. The highest BCUT2D eigenvalue weighted by Crippen LogP contribution is 2.31. The molecule has 0 unspecified atom stereocenters. The van der Waals surface area contributed by atoms with Gasteiger partial charge in [0, 0.05) is 24.4 Å². The number of nitrogens with zero attached hydrogens (tertiary/aromatic N) is 1. The van der Waals surface area contributed by atoms with Crippen molar-refractivity contribution in [1.82, 2.24) is 9.62 Å². The van der Waals surface area contributed by atoms with Crippen LogP contribution in [-0.4, -0.2) is 38.8 Å². The minimum Gasteiger partial charge on any atom is -0.493 e. The van der Waals surface area contributed by atoms with Gasteiger partial charge in [0.15, 0.2) is 0 Å². The third kappa shape index (κ3) is 4.96. The first-order chi connectivity index (χ1) is 13.0. The number of ether oxygens (including phenoxy) is 1. The summed E-state index contributed by atoms with van der Waals surface area (Å²) in [5.74, 6) is 0.400. The van der Waals surface area contributed by atoms with E-state index in [-0.39, 0.29) is 18.5 Å². The van der Waals surface area contributed by atoms with E-state index in [4.69, 9.17) is 4.74 Å². The summed E-state index contributed by atoms with van der Waals surface area (Å²) in [6, 6.07) is 16.5. The number of benzene rings is 2. The number of fused-ring (bicyclic) bond motifs is 1. The molecule has 2 aromatic carbocycles. The number of nitrogens with one attached hydrogen (secondary N) is 1. The highest BCUT2D eigenvalue weighted by atomic mass is 32.2. The van der Waals surface area contributed by atoms with Crippen molar-refractivity contribution in [3.8, 4) is 5.75 Å². The van der Waals surface area contributed by atoms with E-state index in [9.17, 15) is 13.2 Å². The Bertz CT molecular complexity index is 926. The molecule has 0 bridgehead atoms. The van der Waals surface area contributed by atoms with Gasteiger partial charge in [0.1, 0.15) is 5.75 Å². The van der Waals surface area contributed by atoms with E-state index < -0.39 is 10.0 Å². The first kappa shape index (κ1) is 19.1. The van der Waals surface area contributed by atoms with Crippen LogP contribution >= 0.6 is 0 Å². The summed E-state index contributed by atoms with van der Waals surface area (Å²) >= 11 is 0. The molecular weight excluding hydrogens is 364 g/mol. The topological polar surface area (TPSA) is 75.7 Å². The maximum atomic E-state index is 12.4. The molecule has 1 amide bonds. The summed E-state index contributed by atoms with van der Waals surface area (Å²) in [6.45, 7) is 0.261. The van der Waals surface area contributed by atoms with Crippen LogP contribution in [0.25, 0.3) is 6.08 Å². The molecule has 0 aliphatic carbocycles. The van der Waals surface area contributed by atoms with Crippen LogP contribution in [0.2, 0.25) is 0 Å². The number of rotatable bonds is 6. The van der Waals surface area contributed by atoms with E-state index in [1.165, 1.54) is 13.1 Å². The zero-order chi connectivity index (χ0) is 19.3. The van der Waals surface area contributed by atoms with Crippen LogP contribution in [0.15, 0.2) is 60.0 Å². The van der Waals surface area contributed by atoms with Crippen LogP contribution < -0.4 is 10.1 Å². The minimum atomic E-state index is -3.69. The van der Waals surface area contributed by atoms with Gasteiger partial charge < -0.3 is 10.1 Å². The number of likely N-dealkylation sites (N-methyl/N-ethyl adjacent to an activating group) is 1. The molecule has 1 atom stereocenters. The van der Waals surface area contributed by atoms with Gasteiger partial charge in [0.2, 0.25) is 15.9 Å². The van der Waals surface area contributed by atoms with Gasteiger partial charge in [-0.2, -0.15) is 4.31 Å². The Kier molecular flexibility index (Phi) is 5.93. The summed E-state index contributed by atoms with van der Waals surface area (Å²) in [6.07, 6.45) is 2.16. The van der Waals surface area contributed by atoms with Crippen molar-refractivity contribution in [2.75, 3.05) is 20.2 Å². The van der Waals surface area contributed by atoms with Crippen LogP contribution in [0.4, 0.5) is 0 Å². The Hall–Kier alpha value is -2.64. The second-order valence-corrected chi connectivity index (χ2v) is 8.23. The standard InChI is InChI=1S/C20H22N2O4S/c1-22(27(24,25)14-12-16-7-3-2-4-8-16)15-20(23)21-18-11-13-26-19-10-6-5-9-17(18)19/h2-10,12,14,18H,11,13,15H2,1H3,(H,21,23)/b14-12+/t18-/m1/s1. The largest absolute Gasteiger partial charge is 0.493 e. The van der Waals surface area contributed by atoms with Gasteiger partial charge >= 0.3 is 0 Å². The predicted octanol–water partition coefficient (Wildman–Crippen LogP) is 2.56. The molecule has 6 nitrogen and oxygen atoms in total. The minimum absolute atomic E-state index is 0.182. The van der Waals surface area contributed by atoms with Crippen molar-refractivity contribution >= 4 is 22.0 Å². The second-order valence-electron chi connectivity index (χ2n) is 6.31. The molecule has 3 rings (SSSR count). The molecule has 0 aromatic heterocycles. The highest BCUT2D eigenvalue weighted by molar-refractivity contribution is 7.92. The molecule has 27 heavy (non-hydrogen) atoms. The van der Waals surface area contributed by atoms with Crippen LogP contribution in [0.1, 0.15) is 23.6 Å². The Balaban J connectivity index is 1.61. The van der Waals surface area contributed by atoms with Crippen molar-refractivity contribution in [3.05, 3.63) is 71.1 Å². The highest BCUT2D eigenvalue weighted by Gasteiger charge is 2.24. The zero-order valence-corrected chi connectivity index (χ0v) is 15.9. The maximum Gasteiger partial charge on any atom is 0.236 e. The maximum absolute atomic E-state index is 12.4. The molecule has 0 fully saturated rings. The van der Waals surface area contributed by atoms with Crippen LogP contribution in [0.5, 0.6) is 5.75 Å². The lowest BCUT2D eigenvalue weighted by molar-refractivity contribution is -0.122. The summed E-state index contributed by atoms with van der Waals surface area (Å²) in [7, 11) is -2.30. The van der Waals surface area contributed by atoms with E-state index >= 15 is 0 Å². The van der Waals surface area contributed by atoms with E-state index in [2.05, 4.69) is 5.32 Å². The normalized spacial score (nSPS) is 16.7. The molecule has 142 valence electrons. The van der Waals surface area contributed by atoms with Crippen molar-refractivity contribution in [2.24, 2.45) is 0 Å². The number of carbonyl (C=O) groups excluding carboxylic acids is 1. The molecule has 1 heterocycles. The lowest BCUT2D eigenvalue weighted by Gasteiger charge is -2.27. The van der Waals surface area contributed by atoms with E-state index in [1.54, 1.807) is 12.1 Å². The van der Waals surface area contributed by atoms with Crippen molar-refractivity contribution < 1.29 is 17.9 Å². The molecule has 0 radical (unpaired) electrons. The lowest BCUT2D eigenvalue weighted by atomic mass is 10.0. The number of amides is 1. The number of sulfonamides is 1. The third-order valence-electron chi connectivity index (χ3n) is 4.33. The lowest BCUT2D eigenvalue weighted by Crippen LogP contribution is -2.40. The smallest absolute Gasteiger partial charge is 0.236 e. The van der Waals surface area contributed by atoms with Crippen LogP contribution in [-0.2, 0) is 14.8 Å². The van der Waals surface area contributed by atoms with Crippen LogP contribution in [0.3, 0.4) is 0 Å². The SMILES string of the molecule is CN(CC(=O)N[C@@H]1CCOc2ccccc21)S(=O)(=O)/C=C/c1ccccc1. The summed E-state index contributed by atoms with van der Waals surface area (Å²) < 4.78 is 31.4. The predicted molar refractivity (Wildman–Crippen MR) is 104 cm³/mol. The van der Waals surface area contributed by atoms with Gasteiger partial charge in [-0.25, -0.2) is 8.42 Å². The Labute approximate surface area is 159 Å². The second kappa shape index (κ2) is 8.37. The Morgan fingerprint density at radius 2 is 1.89 bits per heavy atom. The quantitative estimate of drug-likeness (QED) is 0.828. The van der Waals surface area contributed by atoms with E-state index in [0.29, 0.717) is 13.0 Å². The van der Waals surface area contributed by atoms with Crippen molar-refractivity contribution in [1.29, 1.82) is 0 Å². The van der Waals surface area contributed by atoms with Crippen molar-refractivity contribution in [3.63, 3.8) is 0 Å². The summed E-state index contributed by atoms with van der Waals surface area (Å²) in [5, 5.41) is 4.01. The number of hydrogen-bond acceptors (Lipinski definition) is 4. The van der Waals surface area contributed by atoms with Crippen molar-refractivity contribution in [2.45, 2.75) is 12.5 Å². The number of para-hydroxylation sites is 1. The van der Waals surface area contributed by atoms with Gasteiger partial charge in [-0.3, -0.25) is 4.79 Å². The summed E-state index contributed by atoms with van der Waals surface area (Å²) in [5.41, 5.74) is 1.68. The van der Waals surface area contributed by atoms with Crippen LogP contribution in [0, 0.1) is 0 Å². The van der Waals surface area contributed by atoms with Gasteiger partial charge in [0.25, 0.3) is 0 Å². The summed E-state index contributed by atoms with van der Waals surface area (Å²) in [4.78, 5) is 12.4. The first-order valence-electron chi connectivity index (χ1n) is 8.66. The molecule has 1 aliphatic heterocycles. The number of carbonyl (C=O) groups is 1. The number of hydrogen-bond donors (Lipinski definition) is 1. The van der Waals surface area contributed by atoms with E-state index in [1.807, 2.05) is 42.5 Å². The fraction of sp³-hybridized carbons (Fsp3) is 0.250. The fourth-order valence-corrected chi connectivity index (χ4v) is 3.69. The third-order valence-corrected chi connectivity index (χ3v) is 5.80. The molecule has 1 N–H and O–H groups in total. The Morgan fingerprint density at radius 1 is 1.19 bits per heavy atom. The molecule has 0 spiro atoms. The van der Waals surface area contributed by atoms with Gasteiger partial charge in [0.05, 0.1) is 19.2 Å². The molecule has 1 aliphatic rings. The fourth-order valence-electron chi connectivity index (χ4n) is 2.86. The molecular formula is C20H22N2O4S. The molecule has 0 saturated carbocycles.